The monoisotopic (exact) mass is 228 g/mol. The van der Waals surface area contributed by atoms with Crippen molar-refractivity contribution in [3.63, 3.8) is 0 Å². The summed E-state index contributed by atoms with van der Waals surface area (Å²) in [6.45, 7) is 2.63. The summed E-state index contributed by atoms with van der Waals surface area (Å²) in [4.78, 5) is 11.3. The summed E-state index contributed by atoms with van der Waals surface area (Å²) in [5.41, 5.74) is 0. The van der Waals surface area contributed by atoms with Gasteiger partial charge in [-0.1, -0.05) is 39.0 Å². The molecule has 1 aliphatic rings. The molecule has 0 aromatic rings. The highest BCUT2D eigenvalue weighted by atomic mass is 16.5. The van der Waals surface area contributed by atoms with E-state index in [-0.39, 0.29) is 0 Å². The van der Waals surface area contributed by atoms with Gasteiger partial charge in [-0.05, 0) is 6.42 Å². The molecule has 0 radical (unpaired) electrons. The number of hydrogen-bond acceptors (Lipinski definition) is 4. The third-order valence-electron chi connectivity index (χ3n) is 2.65. The number of nitrogens with zero attached hydrogens (tertiary/aromatic N) is 2. The van der Waals surface area contributed by atoms with Crippen LogP contribution in [0.5, 0.6) is 0 Å². The van der Waals surface area contributed by atoms with E-state index in [1.807, 2.05) is 0 Å². The Hall–Kier alpha value is -0.940. The van der Waals surface area contributed by atoms with Gasteiger partial charge in [0.15, 0.2) is 0 Å². The van der Waals surface area contributed by atoms with Crippen LogP contribution in [0.25, 0.3) is 0 Å². The van der Waals surface area contributed by atoms with Crippen molar-refractivity contribution in [3.05, 3.63) is 0 Å². The molecule has 0 bridgehead atoms. The van der Waals surface area contributed by atoms with Crippen LogP contribution < -0.4 is 0 Å². The van der Waals surface area contributed by atoms with Crippen molar-refractivity contribution in [2.24, 2.45) is 5.10 Å². The Morgan fingerprint density at radius 3 is 2.44 bits per heavy atom. The first-order valence-electron chi connectivity index (χ1n) is 5.90. The summed E-state index contributed by atoms with van der Waals surface area (Å²) in [5, 5.41) is 23.0. The lowest BCUT2D eigenvalue weighted by Gasteiger charge is -2.15. The largest absolute Gasteiger partial charge is 0.354 e. The first-order chi connectivity index (χ1) is 7.58. The van der Waals surface area contributed by atoms with E-state index in [1.165, 1.54) is 19.3 Å². The maximum absolute atomic E-state index is 11.3. The van der Waals surface area contributed by atoms with Gasteiger partial charge in [0.1, 0.15) is 0 Å². The molecule has 92 valence electrons. The average Bonchev–Trinajstić information content (AvgIpc) is 2.50. The first kappa shape index (κ1) is 13.1. The fourth-order valence-corrected chi connectivity index (χ4v) is 1.65. The molecule has 1 amide bonds. The second-order valence-electron chi connectivity index (χ2n) is 4.17. The maximum Gasteiger partial charge on any atom is 0.308 e. The van der Waals surface area contributed by atoms with E-state index < -0.39 is 11.7 Å². The molecule has 1 aliphatic heterocycles. The maximum atomic E-state index is 11.3. The molecule has 0 fully saturated rings. The predicted octanol–water partition coefficient (Wildman–Crippen LogP) is 0.856. The molecule has 0 saturated heterocycles. The molecule has 5 heteroatoms. The lowest BCUT2D eigenvalue weighted by Crippen LogP contribution is -2.42. The number of aliphatic hydroxyl groups is 2. The van der Waals surface area contributed by atoms with Gasteiger partial charge in [0.05, 0.1) is 6.21 Å². The number of hydrogen-bond donors (Lipinski definition) is 2. The molecule has 1 rings (SSSR count). The van der Waals surface area contributed by atoms with Crippen molar-refractivity contribution in [2.75, 3.05) is 6.54 Å². The predicted molar refractivity (Wildman–Crippen MR) is 60.7 cm³/mol. The number of rotatable bonds is 7. The van der Waals surface area contributed by atoms with E-state index >= 15 is 0 Å². The van der Waals surface area contributed by atoms with Crippen LogP contribution >= 0.6 is 0 Å². The van der Waals surface area contributed by atoms with Gasteiger partial charge >= 0.3 is 5.91 Å². The summed E-state index contributed by atoms with van der Waals surface area (Å²) in [5.74, 6) is -3.14. The van der Waals surface area contributed by atoms with Crippen molar-refractivity contribution in [2.45, 2.75) is 51.2 Å². The van der Waals surface area contributed by atoms with Gasteiger partial charge in [0, 0.05) is 6.54 Å². The minimum atomic E-state index is -2.39. The summed E-state index contributed by atoms with van der Waals surface area (Å²) < 4.78 is 0. The zero-order valence-electron chi connectivity index (χ0n) is 9.72. The molecule has 5 nitrogen and oxygen atoms in total. The fraction of sp³-hybridized carbons (Fsp3) is 0.818. The smallest absolute Gasteiger partial charge is 0.308 e. The van der Waals surface area contributed by atoms with E-state index in [1.54, 1.807) is 0 Å². The SMILES string of the molecule is CCCCCCCCN1N=CC(O)(O)C1=O. The Balaban J connectivity index is 2.11. The van der Waals surface area contributed by atoms with Gasteiger partial charge in [-0.25, -0.2) is 5.01 Å². The fourth-order valence-electron chi connectivity index (χ4n) is 1.65. The van der Waals surface area contributed by atoms with Crippen LogP contribution in [0, 0.1) is 0 Å². The summed E-state index contributed by atoms with van der Waals surface area (Å²) >= 11 is 0. The highest BCUT2D eigenvalue weighted by molar-refractivity contribution is 6.02. The molecule has 0 aliphatic carbocycles. The van der Waals surface area contributed by atoms with Crippen LogP contribution in [0.3, 0.4) is 0 Å². The Morgan fingerprint density at radius 2 is 1.88 bits per heavy atom. The third-order valence-corrected chi connectivity index (χ3v) is 2.65. The number of carbonyl (C=O) groups is 1. The van der Waals surface area contributed by atoms with Gasteiger partial charge in [0.25, 0.3) is 5.79 Å². The number of unbranched alkanes of at least 4 members (excludes halogenated alkanes) is 5. The van der Waals surface area contributed by atoms with Crippen LogP contribution in [-0.4, -0.2) is 39.7 Å². The van der Waals surface area contributed by atoms with Gasteiger partial charge in [-0.3, -0.25) is 4.79 Å². The Kier molecular flexibility index (Phi) is 4.89. The van der Waals surface area contributed by atoms with Crippen LogP contribution in [-0.2, 0) is 4.79 Å². The highest BCUT2D eigenvalue weighted by Crippen LogP contribution is 2.13. The molecular formula is C11H20N2O3. The second-order valence-corrected chi connectivity index (χ2v) is 4.17. The minimum absolute atomic E-state index is 0.463. The molecule has 2 N–H and O–H groups in total. The molecule has 0 atom stereocenters. The van der Waals surface area contributed by atoms with Crippen molar-refractivity contribution in [3.8, 4) is 0 Å². The summed E-state index contributed by atoms with van der Waals surface area (Å²) in [6, 6.07) is 0. The zero-order chi connectivity index (χ0) is 12.0. The number of hydrazone groups is 1. The van der Waals surface area contributed by atoms with Gasteiger partial charge in [0.2, 0.25) is 0 Å². The van der Waals surface area contributed by atoms with Gasteiger partial charge < -0.3 is 10.2 Å². The normalized spacial score (nSPS) is 18.4. The molecule has 1 heterocycles. The van der Waals surface area contributed by atoms with Crippen LogP contribution in [0.4, 0.5) is 0 Å². The van der Waals surface area contributed by atoms with Gasteiger partial charge in [-0.15, -0.1) is 0 Å². The van der Waals surface area contributed by atoms with Crippen molar-refractivity contribution in [1.29, 1.82) is 0 Å². The van der Waals surface area contributed by atoms with Crippen LogP contribution in [0.15, 0.2) is 5.10 Å². The average molecular weight is 228 g/mol. The quantitative estimate of drug-likeness (QED) is 0.501. The Bertz CT molecular complexity index is 264. The molecule has 0 aromatic heterocycles. The van der Waals surface area contributed by atoms with Crippen molar-refractivity contribution >= 4 is 12.1 Å². The molecule has 16 heavy (non-hydrogen) atoms. The van der Waals surface area contributed by atoms with E-state index in [4.69, 9.17) is 10.2 Å². The van der Waals surface area contributed by atoms with Crippen LogP contribution in [0.1, 0.15) is 45.4 Å². The minimum Gasteiger partial charge on any atom is -0.354 e. The lowest BCUT2D eigenvalue weighted by molar-refractivity contribution is -0.167. The van der Waals surface area contributed by atoms with E-state index in [9.17, 15) is 4.79 Å². The molecule has 0 saturated carbocycles. The van der Waals surface area contributed by atoms with Crippen molar-refractivity contribution in [1.82, 2.24) is 5.01 Å². The van der Waals surface area contributed by atoms with Crippen LogP contribution in [0.2, 0.25) is 0 Å². The molecular weight excluding hydrogens is 208 g/mol. The van der Waals surface area contributed by atoms with Gasteiger partial charge in [-0.2, -0.15) is 5.10 Å². The summed E-state index contributed by atoms with van der Waals surface area (Å²) in [6.07, 6.45) is 7.60. The zero-order valence-corrected chi connectivity index (χ0v) is 9.72. The van der Waals surface area contributed by atoms with Crippen molar-refractivity contribution < 1.29 is 15.0 Å². The number of amides is 1. The number of carbonyl (C=O) groups excluding carboxylic acids is 1. The van der Waals surface area contributed by atoms with E-state index in [0.717, 1.165) is 30.5 Å². The Morgan fingerprint density at radius 1 is 1.25 bits per heavy atom. The molecule has 0 spiro atoms. The lowest BCUT2D eigenvalue weighted by atomic mass is 10.1. The third kappa shape index (κ3) is 3.57. The highest BCUT2D eigenvalue weighted by Gasteiger charge is 2.40. The standard InChI is InChI=1S/C11H20N2O3/c1-2-3-4-5-6-7-8-13-10(14)11(15,16)9-12-13/h9,15-16H,2-8H2,1H3. The van der Waals surface area contributed by atoms with E-state index in [2.05, 4.69) is 12.0 Å². The molecule has 0 unspecified atom stereocenters. The second kappa shape index (κ2) is 5.96. The molecule has 0 aromatic carbocycles. The first-order valence-corrected chi connectivity index (χ1v) is 5.90. The van der Waals surface area contributed by atoms with E-state index in [0.29, 0.717) is 6.54 Å². The topological polar surface area (TPSA) is 73.1 Å². The summed E-state index contributed by atoms with van der Waals surface area (Å²) in [7, 11) is 0. The Labute approximate surface area is 95.8 Å².